The minimum absolute atomic E-state index is 0.577. The maximum atomic E-state index is 9.13. The molecule has 0 aliphatic carbocycles. The predicted molar refractivity (Wildman–Crippen MR) is 19.0 cm³/mol. The van der Waals surface area contributed by atoms with E-state index in [1.165, 1.54) is 0 Å². The average Bonchev–Trinajstić information content (AvgIpc) is 1.38. The van der Waals surface area contributed by atoms with Crippen LogP contribution in [-0.2, 0) is 4.57 Å². The van der Waals surface area contributed by atoms with Crippen LogP contribution in [0, 0.1) is 0 Å². The third kappa shape index (κ3) is 4.45. The molecule has 0 aliphatic heterocycles. The van der Waals surface area contributed by atoms with Crippen molar-refractivity contribution >= 4 is 16.2 Å². The Kier molecular flexibility index (Phi) is 2.92. The fraction of sp³-hybridized carbons (Fsp3) is 0. The van der Waals surface area contributed by atoms with Crippen molar-refractivity contribution in [3.63, 3.8) is 0 Å². The Bertz CT molecular complexity index is 31.9. The Hall–Kier alpha value is 0.450. The fourth-order valence-electron chi connectivity index (χ4n) is 0. The Balaban J connectivity index is 2.83. The van der Waals surface area contributed by atoms with Crippen molar-refractivity contribution in [1.29, 1.82) is 0 Å². The molecule has 3 nitrogen and oxygen atoms in total. The molecule has 0 bridgehead atoms. The zero-order valence-corrected chi connectivity index (χ0v) is 3.99. The standard InChI is InChI=1S/H2O3P2/c1-4-5(2)3/h2-3H. The van der Waals surface area contributed by atoms with Crippen molar-refractivity contribution in [2.75, 3.05) is 0 Å². The van der Waals surface area contributed by atoms with Gasteiger partial charge < -0.3 is 9.79 Å². The summed E-state index contributed by atoms with van der Waals surface area (Å²) in [7, 11) is -2.76. The largest absolute Gasteiger partial charge is 0.341 e. The topological polar surface area (TPSA) is 57.5 Å². The number of hydrogen-bond acceptors (Lipinski definition) is 3. The molecule has 0 spiro atoms. The van der Waals surface area contributed by atoms with Crippen LogP contribution in [0.3, 0.4) is 0 Å². The SMILES string of the molecule is O=PP(O)O. The van der Waals surface area contributed by atoms with Gasteiger partial charge in [0, 0.05) is 0 Å². The van der Waals surface area contributed by atoms with Crippen LogP contribution in [-0.4, -0.2) is 9.79 Å². The van der Waals surface area contributed by atoms with Crippen molar-refractivity contribution < 1.29 is 14.4 Å². The van der Waals surface area contributed by atoms with Crippen molar-refractivity contribution in [3.8, 4) is 0 Å². The second-order valence-corrected chi connectivity index (χ2v) is 2.61. The Morgan fingerprint density at radius 2 is 1.80 bits per heavy atom. The predicted octanol–water partition coefficient (Wildman–Crippen LogP) is 0.490. The van der Waals surface area contributed by atoms with E-state index in [9.17, 15) is 0 Å². The fourth-order valence-corrected chi connectivity index (χ4v) is 0. The van der Waals surface area contributed by atoms with E-state index in [0.29, 0.717) is 0 Å². The third-order valence-electron chi connectivity index (χ3n) is 0.0730. The van der Waals surface area contributed by atoms with E-state index in [4.69, 9.17) is 14.4 Å². The molecular weight excluding hydrogens is 110 g/mol. The maximum Gasteiger partial charge on any atom is 0.267 e. The Labute approximate surface area is 31.7 Å². The van der Waals surface area contributed by atoms with Gasteiger partial charge in [-0.25, -0.2) is 0 Å². The second-order valence-electron chi connectivity index (χ2n) is 0.350. The van der Waals surface area contributed by atoms with Crippen LogP contribution in [0.5, 0.6) is 0 Å². The highest BCUT2D eigenvalue weighted by Gasteiger charge is 1.88. The van der Waals surface area contributed by atoms with E-state index in [-0.39, 0.29) is 0 Å². The Morgan fingerprint density at radius 1 is 1.60 bits per heavy atom. The number of rotatable bonds is 1. The van der Waals surface area contributed by atoms with Gasteiger partial charge in [0.15, 0.2) is 0 Å². The van der Waals surface area contributed by atoms with Crippen molar-refractivity contribution in [3.05, 3.63) is 0 Å². The van der Waals surface area contributed by atoms with Crippen molar-refractivity contribution in [1.82, 2.24) is 0 Å². The molecule has 5 heteroatoms. The van der Waals surface area contributed by atoms with Crippen molar-refractivity contribution in [2.24, 2.45) is 0 Å². The van der Waals surface area contributed by atoms with Crippen LogP contribution < -0.4 is 0 Å². The summed E-state index contributed by atoms with van der Waals surface area (Å²) in [5.41, 5.74) is 0. The molecule has 0 atom stereocenters. The molecule has 0 amide bonds. The average molecular weight is 112 g/mol. The van der Waals surface area contributed by atoms with E-state index < -0.39 is 16.2 Å². The summed E-state index contributed by atoms with van der Waals surface area (Å²) in [4.78, 5) is 15.3. The van der Waals surface area contributed by atoms with E-state index in [2.05, 4.69) is 0 Å². The van der Waals surface area contributed by atoms with Gasteiger partial charge >= 0.3 is 0 Å². The van der Waals surface area contributed by atoms with Crippen LogP contribution in [0.1, 0.15) is 0 Å². The summed E-state index contributed by atoms with van der Waals surface area (Å²) in [5, 5.41) is 0. The molecule has 0 aromatic rings. The smallest absolute Gasteiger partial charge is 0.267 e. The molecule has 5 heavy (non-hydrogen) atoms. The second kappa shape index (κ2) is 2.67. The zero-order chi connectivity index (χ0) is 4.28. The lowest BCUT2D eigenvalue weighted by Gasteiger charge is -1.75. The summed E-state index contributed by atoms with van der Waals surface area (Å²) in [6.07, 6.45) is 0. The highest BCUT2D eigenvalue weighted by atomic mass is 32.1. The van der Waals surface area contributed by atoms with Gasteiger partial charge in [-0.15, -0.1) is 0 Å². The summed E-state index contributed by atoms with van der Waals surface area (Å²) >= 11 is 0. The van der Waals surface area contributed by atoms with Crippen LogP contribution in [0.15, 0.2) is 0 Å². The first kappa shape index (κ1) is 5.45. The third-order valence-corrected chi connectivity index (χ3v) is 0.657. The first-order valence-corrected chi connectivity index (χ1v) is 3.55. The summed E-state index contributed by atoms with van der Waals surface area (Å²) in [5.74, 6) is 0. The van der Waals surface area contributed by atoms with Crippen LogP contribution >= 0.6 is 16.2 Å². The molecule has 30 valence electrons. The zero-order valence-electron chi connectivity index (χ0n) is 2.20. The summed E-state index contributed by atoms with van der Waals surface area (Å²) in [6, 6.07) is 0. The van der Waals surface area contributed by atoms with Gasteiger partial charge in [-0.3, -0.25) is 4.57 Å². The highest BCUT2D eigenvalue weighted by Crippen LogP contribution is 2.38. The van der Waals surface area contributed by atoms with Crippen LogP contribution in [0.4, 0.5) is 0 Å². The minimum atomic E-state index is -2.18. The van der Waals surface area contributed by atoms with Gasteiger partial charge in [0.2, 0.25) is 8.15 Å². The quantitative estimate of drug-likeness (QED) is 0.485. The molecular formula is H2O3P2. The van der Waals surface area contributed by atoms with Gasteiger partial charge in [0.25, 0.3) is 8.06 Å². The molecule has 0 aromatic heterocycles. The highest BCUT2D eigenvalue weighted by molar-refractivity contribution is 8.10. The van der Waals surface area contributed by atoms with Gasteiger partial charge in [-0.2, -0.15) is 0 Å². The molecule has 0 saturated heterocycles. The van der Waals surface area contributed by atoms with Gasteiger partial charge in [0.05, 0.1) is 0 Å². The summed E-state index contributed by atoms with van der Waals surface area (Å²) in [6.45, 7) is 0. The normalized spacial score (nSPS) is 10.2. The van der Waals surface area contributed by atoms with Gasteiger partial charge in [0.1, 0.15) is 0 Å². The van der Waals surface area contributed by atoms with Crippen LogP contribution in [0.25, 0.3) is 0 Å². The molecule has 0 unspecified atom stereocenters. The lowest BCUT2D eigenvalue weighted by Crippen LogP contribution is -1.42. The molecule has 0 aromatic carbocycles. The first-order valence-electron chi connectivity index (χ1n) is 0.783. The lowest BCUT2D eigenvalue weighted by molar-refractivity contribution is 0.499. The molecule has 0 radical (unpaired) electrons. The van der Waals surface area contributed by atoms with E-state index >= 15 is 0 Å². The van der Waals surface area contributed by atoms with Gasteiger partial charge in [-0.1, -0.05) is 0 Å². The van der Waals surface area contributed by atoms with E-state index in [1.807, 2.05) is 0 Å². The molecule has 0 rings (SSSR count). The molecule has 2 N–H and O–H groups in total. The van der Waals surface area contributed by atoms with Gasteiger partial charge in [-0.05, 0) is 0 Å². The van der Waals surface area contributed by atoms with Crippen LogP contribution in [0.2, 0.25) is 0 Å². The maximum absolute atomic E-state index is 9.13. The minimum Gasteiger partial charge on any atom is -0.341 e. The monoisotopic (exact) mass is 112 g/mol. The number of hydrogen-bond donors (Lipinski definition) is 2. The molecule has 0 heterocycles. The van der Waals surface area contributed by atoms with Crippen molar-refractivity contribution in [2.45, 2.75) is 0 Å². The molecule has 0 saturated carbocycles. The molecule has 0 fully saturated rings. The Morgan fingerprint density at radius 3 is 1.80 bits per heavy atom. The molecule has 0 aliphatic rings. The van der Waals surface area contributed by atoms with E-state index in [0.717, 1.165) is 0 Å². The lowest BCUT2D eigenvalue weighted by atomic mass is 15.9. The van der Waals surface area contributed by atoms with E-state index in [1.54, 1.807) is 0 Å². The first-order chi connectivity index (χ1) is 2.27. The summed E-state index contributed by atoms with van der Waals surface area (Å²) < 4.78 is 9.13.